The number of nitrogens with zero attached hydrogens (tertiary/aromatic N) is 1. The highest BCUT2D eigenvalue weighted by atomic mass is 16.1. The molecule has 0 N–H and O–H groups in total. The van der Waals surface area contributed by atoms with Gasteiger partial charge in [-0.3, -0.25) is 4.99 Å². The highest BCUT2D eigenvalue weighted by Gasteiger charge is 2.10. The van der Waals surface area contributed by atoms with Crippen molar-refractivity contribution in [1.82, 2.24) is 0 Å². The molecule has 1 atom stereocenters. The molecule has 0 spiro atoms. The molecule has 0 aromatic carbocycles. The van der Waals surface area contributed by atoms with E-state index in [0.29, 0.717) is 11.7 Å². The van der Waals surface area contributed by atoms with Crippen molar-refractivity contribution < 1.29 is 4.79 Å². The lowest BCUT2D eigenvalue weighted by atomic mass is 10.0. The van der Waals surface area contributed by atoms with Gasteiger partial charge in [0, 0.05) is 19.2 Å². The van der Waals surface area contributed by atoms with E-state index in [4.69, 9.17) is 0 Å². The molecule has 0 aromatic rings. The summed E-state index contributed by atoms with van der Waals surface area (Å²) < 4.78 is 0. The maximum absolute atomic E-state index is 10.6. The lowest BCUT2D eigenvalue weighted by Gasteiger charge is -2.01. The molecule has 0 fully saturated rings. The summed E-state index contributed by atoms with van der Waals surface area (Å²) in [5, 5.41) is 0. The van der Waals surface area contributed by atoms with Gasteiger partial charge in [-0.25, -0.2) is 0 Å². The van der Waals surface area contributed by atoms with Crippen LogP contribution in [0.2, 0.25) is 0 Å². The summed E-state index contributed by atoms with van der Waals surface area (Å²) in [5.74, 6) is 0.879. The third-order valence-corrected chi connectivity index (χ3v) is 1.81. The minimum Gasteiger partial charge on any atom is -0.300 e. The van der Waals surface area contributed by atoms with Crippen LogP contribution in [0.15, 0.2) is 4.99 Å². The first-order chi connectivity index (χ1) is 4.79. The van der Waals surface area contributed by atoms with Crippen LogP contribution in [0.4, 0.5) is 0 Å². The molecule has 56 valence electrons. The molecule has 1 aliphatic rings. The van der Waals surface area contributed by atoms with Crippen LogP contribution in [-0.4, -0.2) is 18.5 Å². The Labute approximate surface area is 61.3 Å². The van der Waals surface area contributed by atoms with Crippen molar-refractivity contribution in [3.05, 3.63) is 0 Å². The smallest absolute Gasteiger partial charge is 0.129 e. The Balaban J connectivity index is 2.13. The van der Waals surface area contributed by atoms with E-state index in [9.17, 15) is 4.79 Å². The lowest BCUT2D eigenvalue weighted by Crippen LogP contribution is -2.00. The molecule has 1 heterocycles. The van der Waals surface area contributed by atoms with E-state index in [2.05, 4.69) is 4.99 Å². The van der Waals surface area contributed by atoms with Crippen molar-refractivity contribution >= 4 is 12.0 Å². The van der Waals surface area contributed by atoms with Crippen LogP contribution >= 0.6 is 0 Å². The normalized spacial score (nSPS) is 23.5. The molecule has 0 saturated carbocycles. The standard InChI is InChI=1S/C8H13NO/c1-7(10)2-3-8-4-5-9-6-8/h6,8H,2-5H2,1H3. The summed E-state index contributed by atoms with van der Waals surface area (Å²) in [6.07, 6.45) is 4.85. The van der Waals surface area contributed by atoms with E-state index < -0.39 is 0 Å². The fraction of sp³-hybridized carbons (Fsp3) is 0.750. The molecule has 2 nitrogen and oxygen atoms in total. The molecule has 10 heavy (non-hydrogen) atoms. The average molecular weight is 139 g/mol. The van der Waals surface area contributed by atoms with E-state index in [1.165, 1.54) is 0 Å². The van der Waals surface area contributed by atoms with Gasteiger partial charge in [0.25, 0.3) is 0 Å². The topological polar surface area (TPSA) is 29.4 Å². The van der Waals surface area contributed by atoms with Crippen LogP contribution in [0, 0.1) is 5.92 Å². The Morgan fingerprint density at radius 1 is 1.80 bits per heavy atom. The Hall–Kier alpha value is -0.660. The Morgan fingerprint density at radius 3 is 3.10 bits per heavy atom. The van der Waals surface area contributed by atoms with Gasteiger partial charge < -0.3 is 4.79 Å². The summed E-state index contributed by atoms with van der Waals surface area (Å²) in [4.78, 5) is 14.7. The second-order valence-electron chi connectivity index (χ2n) is 2.84. The third kappa shape index (κ3) is 2.29. The minimum absolute atomic E-state index is 0.292. The number of aliphatic imine (C=N–C) groups is 1. The van der Waals surface area contributed by atoms with Gasteiger partial charge in [0.15, 0.2) is 0 Å². The summed E-state index contributed by atoms with van der Waals surface area (Å²) in [5.41, 5.74) is 0. The van der Waals surface area contributed by atoms with Gasteiger partial charge >= 0.3 is 0 Å². The number of rotatable bonds is 3. The third-order valence-electron chi connectivity index (χ3n) is 1.81. The van der Waals surface area contributed by atoms with E-state index >= 15 is 0 Å². The Kier molecular flexibility index (Phi) is 2.60. The minimum atomic E-state index is 0.292. The molecule has 0 amide bonds. The first-order valence-corrected chi connectivity index (χ1v) is 3.78. The van der Waals surface area contributed by atoms with Gasteiger partial charge in [-0.2, -0.15) is 0 Å². The second kappa shape index (κ2) is 3.49. The molecule has 0 radical (unpaired) electrons. The van der Waals surface area contributed by atoms with Crippen molar-refractivity contribution in [2.75, 3.05) is 6.54 Å². The number of carbonyl (C=O) groups excluding carboxylic acids is 1. The maximum Gasteiger partial charge on any atom is 0.129 e. The molecule has 0 aliphatic carbocycles. The largest absolute Gasteiger partial charge is 0.300 e. The van der Waals surface area contributed by atoms with Gasteiger partial charge in [0.2, 0.25) is 0 Å². The molecule has 1 rings (SSSR count). The van der Waals surface area contributed by atoms with Crippen molar-refractivity contribution in [2.45, 2.75) is 26.2 Å². The van der Waals surface area contributed by atoms with Gasteiger partial charge in [-0.15, -0.1) is 0 Å². The number of hydrogen-bond donors (Lipinski definition) is 0. The van der Waals surface area contributed by atoms with Crippen LogP contribution in [0.3, 0.4) is 0 Å². The van der Waals surface area contributed by atoms with Crippen molar-refractivity contribution in [3.8, 4) is 0 Å². The summed E-state index contributed by atoms with van der Waals surface area (Å²) >= 11 is 0. The monoisotopic (exact) mass is 139 g/mol. The number of Topliss-reactive ketones (excluding diaryl/α,β-unsaturated/α-hetero) is 1. The summed E-state index contributed by atoms with van der Waals surface area (Å²) in [7, 11) is 0. The Bertz CT molecular complexity index is 151. The fourth-order valence-corrected chi connectivity index (χ4v) is 1.15. The van der Waals surface area contributed by atoms with E-state index in [0.717, 1.165) is 25.8 Å². The molecular formula is C8H13NO. The van der Waals surface area contributed by atoms with Crippen molar-refractivity contribution in [3.63, 3.8) is 0 Å². The zero-order chi connectivity index (χ0) is 7.40. The van der Waals surface area contributed by atoms with Crippen LogP contribution in [0.25, 0.3) is 0 Å². The van der Waals surface area contributed by atoms with Crippen LogP contribution < -0.4 is 0 Å². The average Bonchev–Trinajstić information content (AvgIpc) is 2.34. The van der Waals surface area contributed by atoms with Gasteiger partial charge in [0.1, 0.15) is 5.78 Å². The van der Waals surface area contributed by atoms with Crippen LogP contribution in [0.5, 0.6) is 0 Å². The van der Waals surface area contributed by atoms with Crippen molar-refractivity contribution in [2.24, 2.45) is 10.9 Å². The van der Waals surface area contributed by atoms with Gasteiger partial charge in [0.05, 0.1) is 0 Å². The molecule has 1 aliphatic heterocycles. The summed E-state index contributed by atoms with van der Waals surface area (Å²) in [6.45, 7) is 2.61. The van der Waals surface area contributed by atoms with Gasteiger partial charge in [-0.05, 0) is 25.7 Å². The first kappa shape index (κ1) is 7.45. The van der Waals surface area contributed by atoms with Gasteiger partial charge in [-0.1, -0.05) is 0 Å². The molecule has 2 heteroatoms. The highest BCUT2D eigenvalue weighted by molar-refractivity contribution is 5.76. The van der Waals surface area contributed by atoms with E-state index in [1.807, 2.05) is 6.21 Å². The molecule has 0 saturated heterocycles. The maximum atomic E-state index is 10.6. The van der Waals surface area contributed by atoms with E-state index in [1.54, 1.807) is 6.92 Å². The predicted octanol–water partition coefficient (Wildman–Crippen LogP) is 1.45. The number of carbonyl (C=O) groups is 1. The van der Waals surface area contributed by atoms with Crippen molar-refractivity contribution in [1.29, 1.82) is 0 Å². The summed E-state index contributed by atoms with van der Waals surface area (Å²) in [6, 6.07) is 0. The first-order valence-electron chi connectivity index (χ1n) is 3.78. The lowest BCUT2D eigenvalue weighted by molar-refractivity contribution is -0.117. The predicted molar refractivity (Wildman–Crippen MR) is 41.4 cm³/mol. The number of ketones is 1. The zero-order valence-electron chi connectivity index (χ0n) is 6.34. The van der Waals surface area contributed by atoms with Crippen LogP contribution in [0.1, 0.15) is 26.2 Å². The zero-order valence-corrected chi connectivity index (χ0v) is 6.34. The molecular weight excluding hydrogens is 126 g/mol. The van der Waals surface area contributed by atoms with Crippen LogP contribution in [-0.2, 0) is 4.79 Å². The Morgan fingerprint density at radius 2 is 2.60 bits per heavy atom. The van der Waals surface area contributed by atoms with E-state index in [-0.39, 0.29) is 0 Å². The quantitative estimate of drug-likeness (QED) is 0.581. The molecule has 1 unspecified atom stereocenters. The molecule has 0 aromatic heterocycles. The highest BCUT2D eigenvalue weighted by Crippen LogP contribution is 2.13. The molecule has 0 bridgehead atoms. The SMILES string of the molecule is CC(=O)CCC1C=NCC1. The number of hydrogen-bond acceptors (Lipinski definition) is 2. The fourth-order valence-electron chi connectivity index (χ4n) is 1.15. The second-order valence-corrected chi connectivity index (χ2v) is 2.84.